The molecule has 0 aliphatic rings. The standard InChI is InChI=1S/C16H26N2O3/c1-5-18(6-2)16(19)13-17(3)11-12-21-15-9-7-14(20-4)8-10-15/h7-10H,5-6,11-13H2,1-4H3. The van der Waals surface area contributed by atoms with E-state index in [0.717, 1.165) is 24.6 Å². The fourth-order valence-electron chi connectivity index (χ4n) is 1.98. The highest BCUT2D eigenvalue weighted by atomic mass is 16.5. The van der Waals surface area contributed by atoms with Crippen molar-refractivity contribution in [2.45, 2.75) is 13.8 Å². The summed E-state index contributed by atoms with van der Waals surface area (Å²) in [5.74, 6) is 1.77. The number of hydrogen-bond acceptors (Lipinski definition) is 4. The molecule has 0 fully saturated rings. The molecule has 1 rings (SSSR count). The lowest BCUT2D eigenvalue weighted by molar-refractivity contribution is -0.131. The van der Waals surface area contributed by atoms with Crippen molar-refractivity contribution in [3.8, 4) is 11.5 Å². The number of ether oxygens (including phenoxy) is 2. The Morgan fingerprint density at radius 1 is 1.10 bits per heavy atom. The van der Waals surface area contributed by atoms with Gasteiger partial charge in [0, 0.05) is 19.6 Å². The molecule has 1 amide bonds. The molecular weight excluding hydrogens is 268 g/mol. The maximum absolute atomic E-state index is 11.9. The molecule has 1 aromatic carbocycles. The van der Waals surface area contributed by atoms with E-state index in [4.69, 9.17) is 9.47 Å². The van der Waals surface area contributed by atoms with Crippen molar-refractivity contribution in [1.82, 2.24) is 9.80 Å². The maximum atomic E-state index is 11.9. The molecule has 5 nitrogen and oxygen atoms in total. The highest BCUT2D eigenvalue weighted by Gasteiger charge is 2.12. The minimum Gasteiger partial charge on any atom is -0.497 e. The molecule has 0 unspecified atom stereocenters. The topological polar surface area (TPSA) is 42.0 Å². The van der Waals surface area contributed by atoms with Crippen molar-refractivity contribution in [1.29, 1.82) is 0 Å². The summed E-state index contributed by atoms with van der Waals surface area (Å²) in [6.07, 6.45) is 0. The molecule has 0 spiro atoms. The minimum absolute atomic E-state index is 0.159. The van der Waals surface area contributed by atoms with E-state index in [1.54, 1.807) is 7.11 Å². The molecule has 0 aliphatic carbocycles. The van der Waals surface area contributed by atoms with E-state index in [-0.39, 0.29) is 5.91 Å². The molecule has 0 saturated carbocycles. The molecule has 0 atom stereocenters. The van der Waals surface area contributed by atoms with Gasteiger partial charge in [0.25, 0.3) is 0 Å². The van der Waals surface area contributed by atoms with Crippen LogP contribution < -0.4 is 9.47 Å². The summed E-state index contributed by atoms with van der Waals surface area (Å²) in [6.45, 7) is 7.18. The zero-order valence-corrected chi connectivity index (χ0v) is 13.5. The SMILES string of the molecule is CCN(CC)C(=O)CN(C)CCOc1ccc(OC)cc1. The summed E-state index contributed by atoms with van der Waals surface area (Å²) < 4.78 is 10.7. The Hall–Kier alpha value is -1.75. The van der Waals surface area contributed by atoms with Crippen molar-refractivity contribution >= 4 is 5.91 Å². The first kappa shape index (κ1) is 17.3. The second-order valence-electron chi connectivity index (χ2n) is 4.83. The van der Waals surface area contributed by atoms with Crippen LogP contribution in [0.5, 0.6) is 11.5 Å². The number of likely N-dealkylation sites (N-methyl/N-ethyl adjacent to an activating group) is 2. The van der Waals surface area contributed by atoms with Gasteiger partial charge >= 0.3 is 0 Å². The zero-order chi connectivity index (χ0) is 15.7. The van der Waals surface area contributed by atoms with Gasteiger partial charge < -0.3 is 14.4 Å². The van der Waals surface area contributed by atoms with Crippen LogP contribution in [0.1, 0.15) is 13.8 Å². The van der Waals surface area contributed by atoms with E-state index in [1.807, 2.05) is 55.0 Å². The lowest BCUT2D eigenvalue weighted by Crippen LogP contribution is -2.39. The van der Waals surface area contributed by atoms with Crippen LogP contribution in [-0.2, 0) is 4.79 Å². The van der Waals surface area contributed by atoms with Crippen LogP contribution >= 0.6 is 0 Å². The third-order valence-electron chi connectivity index (χ3n) is 3.32. The van der Waals surface area contributed by atoms with Crippen LogP contribution in [0, 0.1) is 0 Å². The summed E-state index contributed by atoms with van der Waals surface area (Å²) >= 11 is 0. The van der Waals surface area contributed by atoms with Gasteiger partial charge in [-0.1, -0.05) is 0 Å². The van der Waals surface area contributed by atoms with Crippen LogP contribution in [0.15, 0.2) is 24.3 Å². The van der Waals surface area contributed by atoms with Crippen LogP contribution in [0.2, 0.25) is 0 Å². The smallest absolute Gasteiger partial charge is 0.236 e. The maximum Gasteiger partial charge on any atom is 0.236 e. The first-order valence-electron chi connectivity index (χ1n) is 7.33. The highest BCUT2D eigenvalue weighted by molar-refractivity contribution is 5.78. The van der Waals surface area contributed by atoms with Crippen molar-refractivity contribution in [3.63, 3.8) is 0 Å². The average molecular weight is 294 g/mol. The molecule has 0 heterocycles. The van der Waals surface area contributed by atoms with Gasteiger partial charge in [-0.05, 0) is 45.2 Å². The predicted molar refractivity (Wildman–Crippen MR) is 83.9 cm³/mol. The number of hydrogen-bond donors (Lipinski definition) is 0. The minimum atomic E-state index is 0.159. The number of carbonyl (C=O) groups is 1. The van der Waals surface area contributed by atoms with Crippen molar-refractivity contribution in [2.75, 3.05) is 46.9 Å². The van der Waals surface area contributed by atoms with Gasteiger partial charge in [0.1, 0.15) is 18.1 Å². The second kappa shape index (κ2) is 9.23. The number of methoxy groups -OCH3 is 1. The Morgan fingerprint density at radius 3 is 2.19 bits per heavy atom. The van der Waals surface area contributed by atoms with E-state index >= 15 is 0 Å². The van der Waals surface area contributed by atoms with Crippen LogP contribution in [0.25, 0.3) is 0 Å². The van der Waals surface area contributed by atoms with Crippen molar-refractivity contribution in [2.24, 2.45) is 0 Å². The molecular formula is C16H26N2O3. The Kier molecular flexibility index (Phi) is 7.61. The summed E-state index contributed by atoms with van der Waals surface area (Å²) in [4.78, 5) is 15.8. The fraction of sp³-hybridized carbons (Fsp3) is 0.562. The quantitative estimate of drug-likeness (QED) is 0.697. The van der Waals surface area contributed by atoms with Crippen LogP contribution in [0.3, 0.4) is 0 Å². The molecule has 118 valence electrons. The predicted octanol–water partition coefficient (Wildman–Crippen LogP) is 1.87. The molecule has 0 N–H and O–H groups in total. The molecule has 0 aromatic heterocycles. The third-order valence-corrected chi connectivity index (χ3v) is 3.32. The highest BCUT2D eigenvalue weighted by Crippen LogP contribution is 2.16. The molecule has 21 heavy (non-hydrogen) atoms. The van der Waals surface area contributed by atoms with Crippen LogP contribution in [-0.4, -0.2) is 62.7 Å². The van der Waals surface area contributed by atoms with E-state index in [1.165, 1.54) is 0 Å². The third kappa shape index (κ3) is 6.04. The summed E-state index contributed by atoms with van der Waals surface area (Å²) in [7, 11) is 3.57. The van der Waals surface area contributed by atoms with Gasteiger partial charge in [0.15, 0.2) is 0 Å². The number of carbonyl (C=O) groups excluding carboxylic acids is 1. The first-order chi connectivity index (χ1) is 10.1. The Morgan fingerprint density at radius 2 is 1.67 bits per heavy atom. The number of nitrogens with zero attached hydrogens (tertiary/aromatic N) is 2. The van der Waals surface area contributed by atoms with E-state index in [2.05, 4.69) is 0 Å². The van der Waals surface area contributed by atoms with Crippen LogP contribution in [0.4, 0.5) is 0 Å². The summed E-state index contributed by atoms with van der Waals surface area (Å²) in [5, 5.41) is 0. The van der Waals surface area contributed by atoms with E-state index in [9.17, 15) is 4.79 Å². The lowest BCUT2D eigenvalue weighted by Gasteiger charge is -2.23. The Labute approximate surface area is 127 Å². The number of rotatable bonds is 9. The van der Waals surface area contributed by atoms with Gasteiger partial charge in [-0.3, -0.25) is 9.69 Å². The zero-order valence-electron chi connectivity index (χ0n) is 13.5. The molecule has 5 heteroatoms. The lowest BCUT2D eigenvalue weighted by atomic mass is 10.3. The first-order valence-corrected chi connectivity index (χ1v) is 7.33. The second-order valence-corrected chi connectivity index (χ2v) is 4.83. The number of amides is 1. The largest absolute Gasteiger partial charge is 0.497 e. The van der Waals surface area contributed by atoms with Gasteiger partial charge in [-0.2, -0.15) is 0 Å². The van der Waals surface area contributed by atoms with Gasteiger partial charge in [-0.15, -0.1) is 0 Å². The Balaban J connectivity index is 2.29. The summed E-state index contributed by atoms with van der Waals surface area (Å²) in [6, 6.07) is 7.48. The molecule has 0 bridgehead atoms. The monoisotopic (exact) mass is 294 g/mol. The normalized spacial score (nSPS) is 10.5. The molecule has 0 radical (unpaired) electrons. The average Bonchev–Trinajstić information content (AvgIpc) is 2.49. The van der Waals surface area contributed by atoms with Gasteiger partial charge in [-0.25, -0.2) is 0 Å². The molecule has 1 aromatic rings. The summed E-state index contributed by atoms with van der Waals surface area (Å²) in [5.41, 5.74) is 0. The number of benzene rings is 1. The Bertz CT molecular complexity index is 416. The molecule has 0 saturated heterocycles. The van der Waals surface area contributed by atoms with Crippen molar-refractivity contribution < 1.29 is 14.3 Å². The van der Waals surface area contributed by atoms with Crippen molar-refractivity contribution in [3.05, 3.63) is 24.3 Å². The van der Waals surface area contributed by atoms with E-state index in [0.29, 0.717) is 19.7 Å². The molecule has 0 aliphatic heterocycles. The van der Waals surface area contributed by atoms with Gasteiger partial charge in [0.05, 0.1) is 13.7 Å². The fourth-order valence-corrected chi connectivity index (χ4v) is 1.98. The van der Waals surface area contributed by atoms with E-state index < -0.39 is 0 Å². The van der Waals surface area contributed by atoms with Gasteiger partial charge in [0.2, 0.25) is 5.91 Å².